The van der Waals surface area contributed by atoms with E-state index < -0.39 is 10.0 Å². The van der Waals surface area contributed by atoms with E-state index in [4.69, 9.17) is 0 Å². The van der Waals surface area contributed by atoms with Gasteiger partial charge in [-0.2, -0.15) is 8.42 Å². The number of para-hydroxylation sites is 1. The topological polar surface area (TPSA) is 78.8 Å². The number of aryl methyl sites for hydroxylation is 2. The molecule has 0 fully saturated rings. The van der Waals surface area contributed by atoms with Gasteiger partial charge >= 0.3 is 0 Å². The highest BCUT2D eigenvalue weighted by molar-refractivity contribution is 7.90. The summed E-state index contributed by atoms with van der Waals surface area (Å²) in [6.45, 7) is 10.3. The maximum atomic E-state index is 12.8. The van der Waals surface area contributed by atoms with Crippen molar-refractivity contribution >= 4 is 33.1 Å². The first-order chi connectivity index (χ1) is 13.1. The van der Waals surface area contributed by atoms with Gasteiger partial charge in [0.25, 0.3) is 15.9 Å². The van der Waals surface area contributed by atoms with Crippen LogP contribution in [-0.4, -0.2) is 26.7 Å². The third kappa shape index (κ3) is 3.80. The van der Waals surface area contributed by atoms with Crippen molar-refractivity contribution in [2.45, 2.75) is 39.5 Å². The second-order valence-electron chi connectivity index (χ2n) is 7.52. The zero-order valence-corrected chi connectivity index (χ0v) is 17.6. The first-order valence-corrected chi connectivity index (χ1v) is 10.6. The Labute approximate surface area is 166 Å². The van der Waals surface area contributed by atoms with Gasteiger partial charge in [0.15, 0.2) is 0 Å². The van der Waals surface area contributed by atoms with E-state index in [1.165, 1.54) is 6.07 Å². The number of anilines is 2. The molecule has 1 aliphatic rings. The van der Waals surface area contributed by atoms with E-state index >= 15 is 0 Å². The van der Waals surface area contributed by atoms with Crippen LogP contribution in [0.25, 0.3) is 0 Å². The predicted molar refractivity (Wildman–Crippen MR) is 113 cm³/mol. The summed E-state index contributed by atoms with van der Waals surface area (Å²) in [5.41, 5.74) is 3.47. The third-order valence-corrected chi connectivity index (χ3v) is 6.09. The molecular formula is C21H25N3O3S. The van der Waals surface area contributed by atoms with E-state index in [0.717, 1.165) is 16.8 Å². The van der Waals surface area contributed by atoms with E-state index in [2.05, 4.69) is 23.6 Å². The summed E-state index contributed by atoms with van der Waals surface area (Å²) in [7, 11) is -3.84. The molecule has 148 valence electrons. The maximum Gasteiger partial charge on any atom is 0.286 e. The normalized spacial score (nSPS) is 15.2. The Morgan fingerprint density at radius 3 is 2.36 bits per heavy atom. The van der Waals surface area contributed by atoms with Gasteiger partial charge in [-0.3, -0.25) is 4.79 Å². The number of rotatable bonds is 4. The number of carbonyl (C=O) groups is 1. The van der Waals surface area contributed by atoms with Crippen LogP contribution in [0.5, 0.6) is 0 Å². The Bertz CT molecular complexity index is 1050. The van der Waals surface area contributed by atoms with Crippen LogP contribution < -0.4 is 10.2 Å². The van der Waals surface area contributed by atoms with Crippen LogP contribution in [0.2, 0.25) is 0 Å². The zero-order chi connectivity index (χ0) is 20.6. The zero-order valence-electron chi connectivity index (χ0n) is 16.8. The van der Waals surface area contributed by atoms with E-state index in [9.17, 15) is 13.2 Å². The van der Waals surface area contributed by atoms with Crippen molar-refractivity contribution in [3.05, 3.63) is 53.1 Å². The molecule has 0 spiro atoms. The smallest absolute Gasteiger partial charge is 0.286 e. The highest BCUT2D eigenvalue weighted by Crippen LogP contribution is 2.33. The van der Waals surface area contributed by atoms with E-state index in [1.807, 2.05) is 36.9 Å². The monoisotopic (exact) mass is 399 g/mol. The van der Waals surface area contributed by atoms with Crippen LogP contribution in [0.4, 0.5) is 11.4 Å². The number of nitrogens with one attached hydrogen (secondary N) is 1. The molecule has 0 unspecified atom stereocenters. The number of amidine groups is 1. The van der Waals surface area contributed by atoms with Crippen LogP contribution in [0.3, 0.4) is 0 Å². The fourth-order valence-corrected chi connectivity index (χ4v) is 4.59. The van der Waals surface area contributed by atoms with Crippen LogP contribution in [0, 0.1) is 19.8 Å². The largest absolute Gasteiger partial charge is 0.328 e. The molecule has 0 bridgehead atoms. The van der Waals surface area contributed by atoms with Gasteiger partial charge in [0.1, 0.15) is 10.7 Å². The Kier molecular flexibility index (Phi) is 5.30. The average molecular weight is 400 g/mol. The second kappa shape index (κ2) is 7.39. The summed E-state index contributed by atoms with van der Waals surface area (Å²) in [4.78, 5) is 14.7. The number of fused-ring (bicyclic) bond motifs is 1. The van der Waals surface area contributed by atoms with Crippen LogP contribution in [0.15, 0.2) is 45.7 Å². The lowest BCUT2D eigenvalue weighted by atomic mass is 10.1. The van der Waals surface area contributed by atoms with Gasteiger partial charge in [0.05, 0.1) is 5.69 Å². The van der Waals surface area contributed by atoms with E-state index in [-0.39, 0.29) is 16.4 Å². The van der Waals surface area contributed by atoms with Gasteiger partial charge in [0.2, 0.25) is 0 Å². The fraction of sp³-hybridized carbons (Fsp3) is 0.333. The predicted octanol–water partition coefficient (Wildman–Crippen LogP) is 4.14. The summed E-state index contributed by atoms with van der Waals surface area (Å²) in [6, 6.07) is 10.5. The molecule has 0 saturated carbocycles. The summed E-state index contributed by atoms with van der Waals surface area (Å²) in [5.74, 6) is 0.414. The number of hydrogen-bond donors (Lipinski definition) is 1. The molecule has 3 rings (SSSR count). The van der Waals surface area contributed by atoms with Crippen molar-refractivity contribution in [1.82, 2.24) is 0 Å². The Balaban J connectivity index is 2.00. The van der Waals surface area contributed by atoms with Gasteiger partial charge in [-0.25, -0.2) is 0 Å². The minimum absolute atomic E-state index is 0.0629. The van der Waals surface area contributed by atoms with E-state index in [0.29, 0.717) is 24.0 Å². The van der Waals surface area contributed by atoms with E-state index in [1.54, 1.807) is 19.1 Å². The molecule has 6 nitrogen and oxygen atoms in total. The SMILES string of the molecule is CC1=NS(=O)(=O)c2cc(C(=O)Nc3c(C)cccc3C)ccc2N1CC(C)C. The molecule has 0 radical (unpaired) electrons. The average Bonchev–Trinajstić information content (AvgIpc) is 2.61. The summed E-state index contributed by atoms with van der Waals surface area (Å²) >= 11 is 0. The molecule has 0 saturated heterocycles. The Morgan fingerprint density at radius 1 is 1.11 bits per heavy atom. The molecule has 1 amide bonds. The molecule has 28 heavy (non-hydrogen) atoms. The van der Waals surface area contributed by atoms with Gasteiger partial charge in [-0.05, 0) is 56.0 Å². The first kappa shape index (κ1) is 20.1. The van der Waals surface area contributed by atoms with Crippen LogP contribution in [-0.2, 0) is 10.0 Å². The second-order valence-corrected chi connectivity index (χ2v) is 9.09. The van der Waals surface area contributed by atoms with Crippen molar-refractivity contribution < 1.29 is 13.2 Å². The number of sulfonamides is 1. The molecule has 0 atom stereocenters. The highest BCUT2D eigenvalue weighted by Gasteiger charge is 2.30. The lowest BCUT2D eigenvalue weighted by Crippen LogP contribution is -2.36. The van der Waals surface area contributed by atoms with Crippen LogP contribution >= 0.6 is 0 Å². The van der Waals surface area contributed by atoms with Crippen molar-refractivity contribution in [1.29, 1.82) is 0 Å². The number of benzene rings is 2. The van der Waals surface area contributed by atoms with Gasteiger partial charge < -0.3 is 10.2 Å². The molecule has 7 heteroatoms. The maximum absolute atomic E-state index is 12.8. The number of hydrogen-bond acceptors (Lipinski definition) is 4. The molecule has 1 N–H and O–H groups in total. The van der Waals surface area contributed by atoms with Crippen molar-refractivity contribution in [3.63, 3.8) is 0 Å². The first-order valence-electron chi connectivity index (χ1n) is 9.21. The van der Waals surface area contributed by atoms with Crippen molar-refractivity contribution in [3.8, 4) is 0 Å². The summed E-state index contributed by atoms with van der Waals surface area (Å²) in [5, 5.41) is 2.90. The molecule has 1 aliphatic heterocycles. The minimum atomic E-state index is -3.84. The van der Waals surface area contributed by atoms with Crippen LogP contribution in [0.1, 0.15) is 42.3 Å². The minimum Gasteiger partial charge on any atom is -0.328 e. The van der Waals surface area contributed by atoms with Gasteiger partial charge in [-0.15, -0.1) is 4.40 Å². The Hall–Kier alpha value is -2.67. The Morgan fingerprint density at radius 2 is 1.75 bits per heavy atom. The lowest BCUT2D eigenvalue weighted by Gasteiger charge is -2.30. The standard InChI is InChI=1S/C21H25N3O3S/c1-13(2)12-24-16(5)23-28(26,27)19-11-17(9-10-18(19)24)21(25)22-20-14(3)7-6-8-15(20)4/h6-11,13H,12H2,1-5H3,(H,22,25). The molecule has 0 aromatic heterocycles. The number of carbonyl (C=O) groups excluding carboxylic acids is 1. The van der Waals surface area contributed by atoms with Gasteiger partial charge in [-0.1, -0.05) is 32.0 Å². The summed E-state index contributed by atoms with van der Waals surface area (Å²) in [6.07, 6.45) is 0. The van der Waals surface area contributed by atoms with Crippen molar-refractivity contribution in [2.75, 3.05) is 16.8 Å². The quantitative estimate of drug-likeness (QED) is 0.838. The number of nitrogens with zero attached hydrogens (tertiary/aromatic N) is 2. The third-order valence-electron chi connectivity index (χ3n) is 4.70. The summed E-state index contributed by atoms with van der Waals surface area (Å²) < 4.78 is 29.1. The lowest BCUT2D eigenvalue weighted by molar-refractivity contribution is 0.102. The molecular weight excluding hydrogens is 374 g/mol. The fourth-order valence-electron chi connectivity index (χ4n) is 3.32. The molecule has 1 heterocycles. The van der Waals surface area contributed by atoms with Crippen molar-refractivity contribution in [2.24, 2.45) is 10.3 Å². The molecule has 2 aromatic carbocycles. The van der Waals surface area contributed by atoms with Gasteiger partial charge in [0, 0.05) is 17.8 Å². The number of amides is 1. The molecule has 0 aliphatic carbocycles. The highest BCUT2D eigenvalue weighted by atomic mass is 32.2. The molecule has 2 aromatic rings.